The number of likely N-dealkylation sites (tertiary alicyclic amines) is 1. The monoisotopic (exact) mass is 551 g/mol. The second kappa shape index (κ2) is 10.7. The van der Waals surface area contributed by atoms with Gasteiger partial charge in [-0.1, -0.05) is 24.3 Å². The molecular weight excluding hydrogens is 517 g/mol. The zero-order valence-corrected chi connectivity index (χ0v) is 21.4. The lowest BCUT2D eigenvalue weighted by atomic mass is 9.85. The third-order valence-corrected chi connectivity index (χ3v) is 6.80. The van der Waals surface area contributed by atoms with E-state index in [1.54, 1.807) is 7.05 Å². The Morgan fingerprint density at radius 1 is 1.03 bits per heavy atom. The number of guanidine groups is 1. The Kier molecular flexibility index (Phi) is 8.19. The molecule has 1 saturated carbocycles. The molecule has 1 aromatic rings. The molecule has 0 radical (unpaired) electrons. The smallest absolute Gasteiger partial charge is 0.233 e. The molecule has 2 bridgehead atoms. The average molecular weight is 551 g/mol. The number of halogens is 1. The number of benzene rings is 1. The number of rotatable bonds is 8. The summed E-state index contributed by atoms with van der Waals surface area (Å²) in [5.74, 6) is 1.16. The average Bonchev–Trinajstić information content (AvgIpc) is 3.45. The van der Waals surface area contributed by atoms with Crippen LogP contribution in [0.1, 0.15) is 18.4 Å². The molecule has 1 saturated heterocycles. The molecule has 1 heterocycles. The zero-order valence-electron chi connectivity index (χ0n) is 19.1. The molecule has 1 aliphatic heterocycles. The molecule has 2 amide bonds. The van der Waals surface area contributed by atoms with Crippen LogP contribution in [0, 0.1) is 23.7 Å². The van der Waals surface area contributed by atoms with Crippen LogP contribution in [-0.2, 0) is 16.0 Å². The highest BCUT2D eigenvalue weighted by molar-refractivity contribution is 14.0. The lowest BCUT2D eigenvalue weighted by Crippen LogP contribution is -2.40. The predicted octanol–water partition coefficient (Wildman–Crippen LogP) is 2.28. The quantitative estimate of drug-likeness (QED) is 0.130. The Labute approximate surface area is 207 Å². The molecule has 8 heteroatoms. The Hall–Kier alpha value is -2.10. The van der Waals surface area contributed by atoms with E-state index in [-0.39, 0.29) is 59.5 Å². The van der Waals surface area contributed by atoms with E-state index in [9.17, 15) is 9.59 Å². The van der Waals surface area contributed by atoms with Gasteiger partial charge in [-0.3, -0.25) is 19.5 Å². The number of allylic oxidation sites excluding steroid dienone is 2. The molecule has 0 spiro atoms. The van der Waals surface area contributed by atoms with Gasteiger partial charge in [0.1, 0.15) is 0 Å². The van der Waals surface area contributed by atoms with Gasteiger partial charge in [-0.15, -0.1) is 24.0 Å². The highest BCUT2D eigenvalue weighted by Crippen LogP contribution is 2.52. The molecule has 32 heavy (non-hydrogen) atoms. The molecule has 2 aliphatic carbocycles. The van der Waals surface area contributed by atoms with Gasteiger partial charge < -0.3 is 15.5 Å². The van der Waals surface area contributed by atoms with Crippen LogP contribution in [0.5, 0.6) is 0 Å². The van der Waals surface area contributed by atoms with Gasteiger partial charge in [0.05, 0.1) is 11.8 Å². The Balaban J connectivity index is 0.00000289. The fourth-order valence-corrected chi connectivity index (χ4v) is 5.14. The van der Waals surface area contributed by atoms with Crippen LogP contribution in [0.4, 0.5) is 5.69 Å². The van der Waals surface area contributed by atoms with Crippen molar-refractivity contribution in [2.24, 2.45) is 28.7 Å². The number of amides is 2. The van der Waals surface area contributed by atoms with Crippen molar-refractivity contribution in [1.82, 2.24) is 15.5 Å². The minimum absolute atomic E-state index is 0. The number of nitrogens with one attached hydrogen (secondary N) is 2. The number of hydrogen-bond donors (Lipinski definition) is 2. The molecule has 2 N–H and O–H groups in total. The van der Waals surface area contributed by atoms with E-state index in [2.05, 4.69) is 56.9 Å². The first-order valence-corrected chi connectivity index (χ1v) is 11.2. The van der Waals surface area contributed by atoms with Crippen LogP contribution in [0.25, 0.3) is 0 Å². The molecule has 0 aromatic heterocycles. The minimum Gasteiger partial charge on any atom is -0.378 e. The number of hydrogen-bond acceptors (Lipinski definition) is 4. The number of aliphatic imine (C=N–C) groups is 1. The first-order valence-electron chi connectivity index (χ1n) is 11.2. The lowest BCUT2D eigenvalue weighted by Gasteiger charge is -2.18. The zero-order chi connectivity index (χ0) is 22.0. The number of fused-ring (bicyclic) bond motifs is 5. The van der Waals surface area contributed by atoms with E-state index in [4.69, 9.17) is 0 Å². The van der Waals surface area contributed by atoms with Gasteiger partial charge in [-0.25, -0.2) is 0 Å². The van der Waals surface area contributed by atoms with Crippen LogP contribution in [0.15, 0.2) is 41.4 Å². The summed E-state index contributed by atoms with van der Waals surface area (Å²) >= 11 is 0. The fourth-order valence-electron chi connectivity index (χ4n) is 5.14. The summed E-state index contributed by atoms with van der Waals surface area (Å²) in [7, 11) is 5.82. The first-order chi connectivity index (χ1) is 15.0. The van der Waals surface area contributed by atoms with E-state index in [0.717, 1.165) is 25.3 Å². The van der Waals surface area contributed by atoms with Crippen molar-refractivity contribution >= 4 is 47.4 Å². The third-order valence-electron chi connectivity index (χ3n) is 6.80. The molecule has 4 atom stereocenters. The van der Waals surface area contributed by atoms with Gasteiger partial charge in [0, 0.05) is 46.5 Å². The molecule has 2 fully saturated rings. The molecule has 4 unspecified atom stereocenters. The van der Waals surface area contributed by atoms with Crippen LogP contribution < -0.4 is 15.5 Å². The normalized spacial score (nSPS) is 25.7. The molecule has 174 valence electrons. The summed E-state index contributed by atoms with van der Waals surface area (Å²) in [6.45, 7) is 1.92. The van der Waals surface area contributed by atoms with Crippen molar-refractivity contribution < 1.29 is 9.59 Å². The van der Waals surface area contributed by atoms with Gasteiger partial charge in [0.25, 0.3) is 0 Å². The maximum atomic E-state index is 12.7. The second-order valence-electron chi connectivity index (χ2n) is 8.92. The van der Waals surface area contributed by atoms with Gasteiger partial charge in [-0.2, -0.15) is 0 Å². The van der Waals surface area contributed by atoms with Crippen molar-refractivity contribution in [3.05, 3.63) is 42.0 Å². The molecule has 3 aliphatic rings. The maximum absolute atomic E-state index is 12.7. The molecule has 7 nitrogen and oxygen atoms in total. The van der Waals surface area contributed by atoms with Crippen LogP contribution in [0.3, 0.4) is 0 Å². The third kappa shape index (κ3) is 4.94. The van der Waals surface area contributed by atoms with E-state index < -0.39 is 0 Å². The van der Waals surface area contributed by atoms with Gasteiger partial charge in [0.2, 0.25) is 11.8 Å². The second-order valence-corrected chi connectivity index (χ2v) is 8.92. The van der Waals surface area contributed by atoms with Crippen molar-refractivity contribution in [2.75, 3.05) is 45.7 Å². The SMILES string of the molecule is CN=C(NCCCN1C(=O)C2C3C=CC(C3)C2C1=O)NCCc1ccc(N(C)C)cc1.I. The van der Waals surface area contributed by atoms with E-state index in [0.29, 0.717) is 19.5 Å². The lowest BCUT2D eigenvalue weighted by molar-refractivity contribution is -0.140. The topological polar surface area (TPSA) is 77.0 Å². The van der Waals surface area contributed by atoms with E-state index in [1.165, 1.54) is 16.2 Å². The Morgan fingerprint density at radius 2 is 1.62 bits per heavy atom. The van der Waals surface area contributed by atoms with E-state index in [1.807, 2.05) is 14.1 Å². The van der Waals surface area contributed by atoms with Crippen LogP contribution >= 0.6 is 24.0 Å². The number of anilines is 1. The number of nitrogens with zero attached hydrogens (tertiary/aromatic N) is 3. The van der Waals surface area contributed by atoms with Crippen LogP contribution in [-0.4, -0.2) is 63.5 Å². The van der Waals surface area contributed by atoms with Crippen LogP contribution in [0.2, 0.25) is 0 Å². The Morgan fingerprint density at radius 3 is 2.19 bits per heavy atom. The van der Waals surface area contributed by atoms with Gasteiger partial charge in [-0.05, 0) is 48.8 Å². The summed E-state index contributed by atoms with van der Waals surface area (Å²) in [6.07, 6.45) is 6.86. The Bertz CT molecular complexity index is 853. The van der Waals surface area contributed by atoms with Crippen molar-refractivity contribution in [3.63, 3.8) is 0 Å². The summed E-state index contributed by atoms with van der Waals surface area (Å²) in [6, 6.07) is 8.54. The molecular formula is C24H34IN5O2. The van der Waals surface area contributed by atoms with Gasteiger partial charge in [0.15, 0.2) is 5.96 Å². The largest absolute Gasteiger partial charge is 0.378 e. The maximum Gasteiger partial charge on any atom is 0.233 e. The summed E-state index contributed by atoms with van der Waals surface area (Å²) < 4.78 is 0. The highest BCUT2D eigenvalue weighted by Gasteiger charge is 2.58. The van der Waals surface area contributed by atoms with E-state index >= 15 is 0 Å². The molecule has 1 aromatic carbocycles. The number of carbonyl (C=O) groups is 2. The fraction of sp³-hybridized carbons (Fsp3) is 0.542. The van der Waals surface area contributed by atoms with Gasteiger partial charge >= 0.3 is 0 Å². The summed E-state index contributed by atoms with van der Waals surface area (Å²) in [5, 5.41) is 6.61. The highest BCUT2D eigenvalue weighted by atomic mass is 127. The van der Waals surface area contributed by atoms with Crippen molar-refractivity contribution in [3.8, 4) is 0 Å². The molecule has 4 rings (SSSR count). The minimum atomic E-state index is -0.100. The van der Waals surface area contributed by atoms with Crippen molar-refractivity contribution in [1.29, 1.82) is 0 Å². The van der Waals surface area contributed by atoms with Crippen molar-refractivity contribution in [2.45, 2.75) is 19.3 Å². The summed E-state index contributed by atoms with van der Waals surface area (Å²) in [4.78, 5) is 33.3. The summed E-state index contributed by atoms with van der Waals surface area (Å²) in [5.41, 5.74) is 2.46. The first kappa shape index (κ1) is 24.5. The number of imide groups is 1. The predicted molar refractivity (Wildman–Crippen MR) is 138 cm³/mol. The number of carbonyl (C=O) groups excluding carboxylic acids is 2. The standard InChI is InChI=1S/C24H33N5O2.HI/c1-25-24(27-13-11-16-5-9-19(10-6-16)28(2)3)26-12-4-14-29-22(30)20-17-7-8-18(15-17)21(20)23(29)31;/h5-10,17-18,20-21H,4,11-15H2,1-3H3,(H2,25,26,27);1H.